The fourth-order valence-electron chi connectivity index (χ4n) is 3.06. The lowest BCUT2D eigenvalue weighted by Gasteiger charge is -2.17. The number of benzene rings is 1. The first-order valence-corrected chi connectivity index (χ1v) is 10.1. The third-order valence-corrected chi connectivity index (χ3v) is 5.22. The smallest absolute Gasteiger partial charge is 0.330 e. The van der Waals surface area contributed by atoms with Gasteiger partial charge in [0.1, 0.15) is 18.1 Å². The molecule has 0 saturated carbocycles. The second-order valence-corrected chi connectivity index (χ2v) is 7.62. The van der Waals surface area contributed by atoms with Crippen LogP contribution in [0.2, 0.25) is 10.0 Å². The largest absolute Gasteiger partial charge is 0.482 e. The minimum atomic E-state index is -0.897. The molecule has 0 bridgehead atoms. The van der Waals surface area contributed by atoms with E-state index in [1.165, 1.54) is 16.8 Å². The third kappa shape index (κ3) is 5.23. The number of rotatable bonds is 7. The van der Waals surface area contributed by atoms with E-state index < -0.39 is 35.6 Å². The highest BCUT2D eigenvalue weighted by Gasteiger charge is 2.35. The lowest BCUT2D eigenvalue weighted by atomic mass is 10.2. The Morgan fingerprint density at radius 1 is 1.40 bits per heavy atom. The van der Waals surface area contributed by atoms with Crippen molar-refractivity contribution < 1.29 is 19.4 Å². The Hall–Kier alpha value is -2.33. The number of aliphatic hydroxyl groups is 1. The van der Waals surface area contributed by atoms with Gasteiger partial charge in [-0.2, -0.15) is 0 Å². The van der Waals surface area contributed by atoms with Crippen molar-refractivity contribution in [1.29, 1.82) is 0 Å². The molecule has 0 radical (unpaired) electrons. The average molecular weight is 458 g/mol. The van der Waals surface area contributed by atoms with Crippen molar-refractivity contribution in [2.75, 3.05) is 13.2 Å². The molecule has 11 heteroatoms. The Morgan fingerprint density at radius 2 is 2.17 bits per heavy atom. The van der Waals surface area contributed by atoms with Crippen LogP contribution < -0.4 is 21.3 Å². The summed E-state index contributed by atoms with van der Waals surface area (Å²) in [6.45, 7) is 1.53. The molecule has 3 rings (SSSR count). The van der Waals surface area contributed by atoms with Crippen LogP contribution in [0.5, 0.6) is 5.75 Å². The normalized spacial score (nSPS) is 20.9. The first kappa shape index (κ1) is 22.4. The maximum atomic E-state index is 12.1. The van der Waals surface area contributed by atoms with Crippen LogP contribution in [0, 0.1) is 0 Å². The number of nitrogens with one attached hydrogen (secondary N) is 2. The van der Waals surface area contributed by atoms with E-state index in [1.54, 1.807) is 19.1 Å². The van der Waals surface area contributed by atoms with E-state index in [1.807, 2.05) is 0 Å². The van der Waals surface area contributed by atoms with Crippen LogP contribution in [0.1, 0.15) is 25.1 Å². The van der Waals surface area contributed by atoms with Gasteiger partial charge in [-0.05, 0) is 24.6 Å². The molecule has 0 unspecified atom stereocenters. The van der Waals surface area contributed by atoms with Crippen molar-refractivity contribution in [3.8, 4) is 5.75 Å². The summed E-state index contributed by atoms with van der Waals surface area (Å²) in [7, 11) is 0. The molecule has 1 aromatic heterocycles. The van der Waals surface area contributed by atoms with E-state index >= 15 is 0 Å². The molecule has 0 spiro atoms. The molecule has 1 saturated heterocycles. The first-order valence-electron chi connectivity index (χ1n) is 9.31. The summed E-state index contributed by atoms with van der Waals surface area (Å²) in [4.78, 5) is 38.1. The van der Waals surface area contributed by atoms with Crippen LogP contribution in [0.3, 0.4) is 0 Å². The lowest BCUT2D eigenvalue weighted by molar-refractivity contribution is -0.124. The topological polar surface area (TPSA) is 123 Å². The molecule has 1 amide bonds. The SMILES string of the molecule is CCc1cn([C@H]2C[C@H](O)[C@@H](CNC(=O)COc3ccc(Cl)cc3Cl)O2)c(=O)[nH]c1=O. The van der Waals surface area contributed by atoms with Crippen LogP contribution in [-0.2, 0) is 16.0 Å². The summed E-state index contributed by atoms with van der Waals surface area (Å²) in [6, 6.07) is 4.65. The number of nitrogens with zero attached hydrogens (tertiary/aromatic N) is 1. The van der Waals surface area contributed by atoms with Gasteiger partial charge in [-0.1, -0.05) is 30.1 Å². The quantitative estimate of drug-likeness (QED) is 0.574. The summed E-state index contributed by atoms with van der Waals surface area (Å²) in [5, 5.41) is 13.6. The van der Waals surface area contributed by atoms with E-state index in [2.05, 4.69) is 10.3 Å². The van der Waals surface area contributed by atoms with E-state index in [9.17, 15) is 19.5 Å². The average Bonchev–Trinajstić information content (AvgIpc) is 3.06. The Balaban J connectivity index is 1.55. The van der Waals surface area contributed by atoms with Crippen molar-refractivity contribution in [1.82, 2.24) is 14.9 Å². The molecule has 3 atom stereocenters. The number of H-pyrrole nitrogens is 1. The molecular formula is C19H21Cl2N3O6. The number of carbonyl (C=O) groups excluding carboxylic acids is 1. The van der Waals surface area contributed by atoms with E-state index in [0.29, 0.717) is 22.8 Å². The van der Waals surface area contributed by atoms with Gasteiger partial charge in [0.05, 0.1) is 11.1 Å². The molecule has 1 aliphatic rings. The fourth-order valence-corrected chi connectivity index (χ4v) is 3.53. The molecule has 162 valence electrons. The lowest BCUT2D eigenvalue weighted by Crippen LogP contribution is -2.39. The fraction of sp³-hybridized carbons (Fsp3) is 0.421. The number of amides is 1. The number of aromatic amines is 1. The standard InChI is InChI=1S/C19H21Cl2N3O6/c1-2-10-8-24(19(28)23-18(10)27)17-6-13(25)15(30-17)7-22-16(26)9-29-14-4-3-11(20)5-12(14)21/h3-5,8,13,15,17,25H,2,6-7,9H2,1H3,(H,22,26)(H,23,27,28)/t13-,15+,17+/m0/s1. The minimum Gasteiger partial charge on any atom is -0.482 e. The Morgan fingerprint density at radius 3 is 2.87 bits per heavy atom. The van der Waals surface area contributed by atoms with Gasteiger partial charge in [-0.3, -0.25) is 19.1 Å². The van der Waals surface area contributed by atoms with Crippen LogP contribution in [0.4, 0.5) is 0 Å². The molecule has 30 heavy (non-hydrogen) atoms. The molecule has 1 aromatic carbocycles. The maximum Gasteiger partial charge on any atom is 0.330 e. The third-order valence-electron chi connectivity index (χ3n) is 4.69. The monoisotopic (exact) mass is 457 g/mol. The predicted molar refractivity (Wildman–Crippen MR) is 110 cm³/mol. The number of aliphatic hydroxyl groups excluding tert-OH is 1. The highest BCUT2D eigenvalue weighted by atomic mass is 35.5. The zero-order valence-corrected chi connectivity index (χ0v) is 17.6. The van der Waals surface area contributed by atoms with Crippen LogP contribution >= 0.6 is 23.2 Å². The van der Waals surface area contributed by atoms with Gasteiger partial charge >= 0.3 is 5.69 Å². The zero-order valence-electron chi connectivity index (χ0n) is 16.1. The number of halogens is 2. The van der Waals surface area contributed by atoms with Gasteiger partial charge in [0.15, 0.2) is 6.61 Å². The van der Waals surface area contributed by atoms with Gasteiger partial charge in [-0.15, -0.1) is 0 Å². The molecule has 2 heterocycles. The van der Waals surface area contributed by atoms with E-state index in [0.717, 1.165) is 0 Å². The number of hydrogen-bond acceptors (Lipinski definition) is 6. The highest BCUT2D eigenvalue weighted by Crippen LogP contribution is 2.28. The number of aryl methyl sites for hydroxylation is 1. The van der Waals surface area contributed by atoms with E-state index in [4.69, 9.17) is 32.7 Å². The summed E-state index contributed by atoms with van der Waals surface area (Å²) in [6.07, 6.45) is -0.342. The Kier molecular flexibility index (Phi) is 7.19. The highest BCUT2D eigenvalue weighted by molar-refractivity contribution is 6.35. The van der Waals surface area contributed by atoms with Crippen LogP contribution in [0.25, 0.3) is 0 Å². The molecule has 1 aliphatic heterocycles. The van der Waals surface area contributed by atoms with E-state index in [-0.39, 0.29) is 24.6 Å². The predicted octanol–water partition coefficient (Wildman–Crippen LogP) is 1.25. The van der Waals surface area contributed by atoms with Crippen molar-refractivity contribution >= 4 is 29.1 Å². The first-order chi connectivity index (χ1) is 14.3. The second-order valence-electron chi connectivity index (χ2n) is 6.77. The van der Waals surface area contributed by atoms with Crippen LogP contribution in [-0.4, -0.2) is 45.9 Å². The molecule has 2 aromatic rings. The van der Waals surface area contributed by atoms with Crippen molar-refractivity contribution in [2.45, 2.75) is 38.2 Å². The van der Waals surface area contributed by atoms with Crippen molar-refractivity contribution in [3.63, 3.8) is 0 Å². The Labute approximate surface area is 181 Å². The van der Waals surface area contributed by atoms with Crippen molar-refractivity contribution in [3.05, 3.63) is 60.8 Å². The summed E-state index contributed by atoms with van der Waals surface area (Å²) in [5.74, 6) is -0.118. The van der Waals surface area contributed by atoms with Crippen molar-refractivity contribution in [2.24, 2.45) is 0 Å². The second kappa shape index (κ2) is 9.65. The summed E-state index contributed by atoms with van der Waals surface area (Å²) >= 11 is 11.8. The number of carbonyl (C=O) groups is 1. The van der Waals surface area contributed by atoms with Gasteiger partial charge in [0.2, 0.25) is 0 Å². The summed E-state index contributed by atoms with van der Waals surface area (Å²) < 4.78 is 12.3. The van der Waals surface area contributed by atoms with Gasteiger partial charge in [-0.25, -0.2) is 4.79 Å². The molecular weight excluding hydrogens is 437 g/mol. The molecule has 1 fully saturated rings. The zero-order chi connectivity index (χ0) is 21.8. The number of aromatic nitrogens is 2. The molecule has 3 N–H and O–H groups in total. The van der Waals surface area contributed by atoms with Gasteiger partial charge in [0.25, 0.3) is 11.5 Å². The molecule has 0 aliphatic carbocycles. The summed E-state index contributed by atoms with van der Waals surface area (Å²) in [5.41, 5.74) is -0.628. The Bertz CT molecular complexity index is 1040. The minimum absolute atomic E-state index is 0.0208. The number of ether oxygens (including phenoxy) is 2. The number of hydrogen-bond donors (Lipinski definition) is 3. The van der Waals surface area contributed by atoms with Gasteiger partial charge < -0.3 is 19.9 Å². The van der Waals surface area contributed by atoms with Gasteiger partial charge in [0, 0.05) is 29.7 Å². The maximum absolute atomic E-state index is 12.1. The molecule has 9 nitrogen and oxygen atoms in total. The van der Waals surface area contributed by atoms with Crippen LogP contribution in [0.15, 0.2) is 34.0 Å².